The second-order valence-corrected chi connectivity index (χ2v) is 7.49. The molecule has 124 valence electrons. The second kappa shape index (κ2) is 6.15. The van der Waals surface area contributed by atoms with Crippen molar-refractivity contribution in [3.05, 3.63) is 51.9 Å². The van der Waals surface area contributed by atoms with E-state index in [1.165, 1.54) is 49.0 Å². The third-order valence-electron chi connectivity index (χ3n) is 3.31. The molecule has 0 atom stereocenters. The standard InChI is InChI=1S/C14H12N4O4S2/c1-15-24(21,22)9-4-2-8(3-5-9)18-12(19)10-6-23-14-11(10)13(20)16-7-17-14/h2-7,15H,1H3,(H,18,19)(H,16,17,20). The zero-order valence-electron chi connectivity index (χ0n) is 12.4. The molecule has 0 aliphatic rings. The maximum Gasteiger partial charge on any atom is 0.260 e. The van der Waals surface area contributed by atoms with E-state index in [-0.39, 0.29) is 21.4 Å². The molecule has 2 heterocycles. The highest BCUT2D eigenvalue weighted by Gasteiger charge is 2.16. The first kappa shape index (κ1) is 16.3. The first-order valence-electron chi connectivity index (χ1n) is 6.72. The molecule has 2 aromatic heterocycles. The van der Waals surface area contributed by atoms with Crippen molar-refractivity contribution in [1.82, 2.24) is 14.7 Å². The van der Waals surface area contributed by atoms with Crippen molar-refractivity contribution >= 4 is 43.2 Å². The van der Waals surface area contributed by atoms with Crippen LogP contribution in [0.1, 0.15) is 10.4 Å². The topological polar surface area (TPSA) is 121 Å². The number of carbonyl (C=O) groups is 1. The Morgan fingerprint density at radius 2 is 1.96 bits per heavy atom. The molecule has 1 amide bonds. The number of hydrogen-bond donors (Lipinski definition) is 3. The minimum Gasteiger partial charge on any atom is -0.322 e. The van der Waals surface area contributed by atoms with E-state index < -0.39 is 15.9 Å². The van der Waals surface area contributed by atoms with Crippen LogP contribution < -0.4 is 15.6 Å². The summed E-state index contributed by atoms with van der Waals surface area (Å²) in [6, 6.07) is 5.70. The smallest absolute Gasteiger partial charge is 0.260 e. The Kier molecular flexibility index (Phi) is 4.18. The van der Waals surface area contributed by atoms with Gasteiger partial charge in [-0.15, -0.1) is 11.3 Å². The van der Waals surface area contributed by atoms with Crippen LogP contribution >= 0.6 is 11.3 Å². The SMILES string of the molecule is CNS(=O)(=O)c1ccc(NC(=O)c2csc3nc[nH]c(=O)c23)cc1. The average molecular weight is 364 g/mol. The van der Waals surface area contributed by atoms with Crippen LogP contribution in [0.15, 0.2) is 45.7 Å². The Labute approximate surface area is 140 Å². The number of nitrogens with zero attached hydrogens (tertiary/aromatic N) is 1. The maximum atomic E-state index is 12.4. The number of thiophene rings is 1. The number of carbonyl (C=O) groups excluding carboxylic acids is 1. The van der Waals surface area contributed by atoms with E-state index in [9.17, 15) is 18.0 Å². The molecule has 10 heteroatoms. The fourth-order valence-corrected chi connectivity index (χ4v) is 3.70. The van der Waals surface area contributed by atoms with Gasteiger partial charge >= 0.3 is 0 Å². The van der Waals surface area contributed by atoms with Crippen LogP contribution in [0.25, 0.3) is 10.2 Å². The third-order valence-corrected chi connectivity index (χ3v) is 5.63. The van der Waals surface area contributed by atoms with Crippen LogP contribution in [-0.2, 0) is 10.0 Å². The molecule has 0 unspecified atom stereocenters. The lowest BCUT2D eigenvalue weighted by Gasteiger charge is -2.06. The molecule has 3 N–H and O–H groups in total. The van der Waals surface area contributed by atoms with E-state index in [4.69, 9.17) is 0 Å². The monoisotopic (exact) mass is 364 g/mol. The molecule has 0 aliphatic carbocycles. The summed E-state index contributed by atoms with van der Waals surface area (Å²) < 4.78 is 25.5. The number of benzene rings is 1. The number of anilines is 1. The largest absolute Gasteiger partial charge is 0.322 e. The highest BCUT2D eigenvalue weighted by atomic mass is 32.2. The van der Waals surface area contributed by atoms with E-state index in [0.29, 0.717) is 10.5 Å². The lowest BCUT2D eigenvalue weighted by molar-refractivity contribution is 0.102. The highest BCUT2D eigenvalue weighted by molar-refractivity contribution is 7.89. The third kappa shape index (κ3) is 2.94. The predicted molar refractivity (Wildman–Crippen MR) is 90.9 cm³/mol. The van der Waals surface area contributed by atoms with Crippen LogP contribution in [-0.4, -0.2) is 31.3 Å². The second-order valence-electron chi connectivity index (χ2n) is 4.75. The number of amides is 1. The van der Waals surface area contributed by atoms with Gasteiger partial charge < -0.3 is 10.3 Å². The lowest BCUT2D eigenvalue weighted by Crippen LogP contribution is -2.18. The summed E-state index contributed by atoms with van der Waals surface area (Å²) in [5.41, 5.74) is 0.243. The Morgan fingerprint density at radius 1 is 1.25 bits per heavy atom. The summed E-state index contributed by atoms with van der Waals surface area (Å²) in [6.07, 6.45) is 1.28. The van der Waals surface area contributed by atoms with Gasteiger partial charge in [-0.25, -0.2) is 18.1 Å². The van der Waals surface area contributed by atoms with Gasteiger partial charge in [-0.2, -0.15) is 0 Å². The number of H-pyrrole nitrogens is 1. The molecule has 1 aromatic carbocycles. The molecule has 8 nitrogen and oxygen atoms in total. The van der Waals surface area contributed by atoms with Crippen LogP contribution in [0.2, 0.25) is 0 Å². The number of rotatable bonds is 4. The number of nitrogens with one attached hydrogen (secondary N) is 3. The highest BCUT2D eigenvalue weighted by Crippen LogP contribution is 2.22. The van der Waals surface area contributed by atoms with Crippen molar-refractivity contribution in [3.8, 4) is 0 Å². The molecular formula is C14H12N4O4S2. The quantitative estimate of drug-likeness (QED) is 0.641. The molecule has 0 aliphatic heterocycles. The minimum absolute atomic E-state index is 0.0876. The molecule has 0 spiro atoms. The van der Waals surface area contributed by atoms with Gasteiger partial charge in [-0.3, -0.25) is 9.59 Å². The van der Waals surface area contributed by atoms with Crippen LogP contribution in [0.5, 0.6) is 0 Å². The average Bonchev–Trinajstić information content (AvgIpc) is 3.01. The molecule has 3 aromatic rings. The van der Waals surface area contributed by atoms with Crippen LogP contribution in [0, 0.1) is 0 Å². The number of hydrogen-bond acceptors (Lipinski definition) is 6. The molecule has 24 heavy (non-hydrogen) atoms. The summed E-state index contributed by atoms with van der Waals surface area (Å²) >= 11 is 1.20. The van der Waals surface area contributed by atoms with Crippen molar-refractivity contribution in [2.24, 2.45) is 0 Å². The van der Waals surface area contributed by atoms with E-state index in [2.05, 4.69) is 20.0 Å². The van der Waals surface area contributed by atoms with Gasteiger partial charge in [0.1, 0.15) is 4.83 Å². The van der Waals surface area contributed by atoms with Crippen LogP contribution in [0.4, 0.5) is 5.69 Å². The Bertz CT molecular complexity index is 1070. The van der Waals surface area contributed by atoms with Gasteiger partial charge in [-0.1, -0.05) is 0 Å². The minimum atomic E-state index is -3.54. The van der Waals surface area contributed by atoms with Gasteiger partial charge in [-0.05, 0) is 31.3 Å². The van der Waals surface area contributed by atoms with Gasteiger partial charge in [0, 0.05) is 11.1 Å². The summed E-state index contributed by atoms with van der Waals surface area (Å²) in [5, 5.41) is 4.42. The molecular weight excluding hydrogens is 352 g/mol. The summed E-state index contributed by atoms with van der Waals surface area (Å²) in [7, 11) is -2.22. The number of aromatic nitrogens is 2. The fourth-order valence-electron chi connectivity index (χ4n) is 2.08. The van der Waals surface area contributed by atoms with E-state index >= 15 is 0 Å². The number of sulfonamides is 1. The van der Waals surface area contributed by atoms with Crippen molar-refractivity contribution < 1.29 is 13.2 Å². The fraction of sp³-hybridized carbons (Fsp3) is 0.0714. The Balaban J connectivity index is 1.88. The van der Waals surface area contributed by atoms with Gasteiger partial charge in [0.2, 0.25) is 10.0 Å². The van der Waals surface area contributed by atoms with E-state index in [1.54, 1.807) is 5.38 Å². The first-order valence-corrected chi connectivity index (χ1v) is 9.08. The van der Waals surface area contributed by atoms with Crippen LogP contribution in [0.3, 0.4) is 0 Å². The molecule has 0 fully saturated rings. The maximum absolute atomic E-state index is 12.4. The zero-order valence-corrected chi connectivity index (χ0v) is 14.0. The predicted octanol–water partition coefficient (Wildman–Crippen LogP) is 1.15. The van der Waals surface area contributed by atoms with E-state index in [1.807, 2.05) is 0 Å². The molecule has 0 radical (unpaired) electrons. The first-order chi connectivity index (χ1) is 11.4. The molecule has 3 rings (SSSR count). The summed E-state index contributed by atoms with van der Waals surface area (Å²) in [5.74, 6) is -0.469. The Hall–Kier alpha value is -2.56. The molecule has 0 bridgehead atoms. The summed E-state index contributed by atoms with van der Waals surface area (Å²) in [4.78, 5) is 31.2. The lowest BCUT2D eigenvalue weighted by atomic mass is 10.2. The molecule has 0 saturated heterocycles. The normalized spacial score (nSPS) is 11.5. The van der Waals surface area contributed by atoms with Crippen molar-refractivity contribution in [2.45, 2.75) is 4.90 Å². The number of aromatic amines is 1. The van der Waals surface area contributed by atoms with E-state index in [0.717, 1.165) is 0 Å². The van der Waals surface area contributed by atoms with Crippen molar-refractivity contribution in [2.75, 3.05) is 12.4 Å². The summed E-state index contributed by atoms with van der Waals surface area (Å²) in [6.45, 7) is 0. The Morgan fingerprint density at radius 3 is 2.62 bits per heavy atom. The van der Waals surface area contributed by atoms with Gasteiger partial charge in [0.15, 0.2) is 0 Å². The van der Waals surface area contributed by atoms with Crippen molar-refractivity contribution in [1.29, 1.82) is 0 Å². The number of fused-ring (bicyclic) bond motifs is 1. The van der Waals surface area contributed by atoms with Crippen molar-refractivity contribution in [3.63, 3.8) is 0 Å². The van der Waals surface area contributed by atoms with Gasteiger partial charge in [0.05, 0.1) is 22.2 Å². The molecule has 0 saturated carbocycles. The zero-order chi connectivity index (χ0) is 17.3. The van der Waals surface area contributed by atoms with Gasteiger partial charge in [0.25, 0.3) is 11.5 Å².